The number of carboxylic acids is 1. The molecule has 0 aliphatic heterocycles. The molecule has 1 amide bonds. The fourth-order valence-electron chi connectivity index (χ4n) is 2.71. The highest BCUT2D eigenvalue weighted by Gasteiger charge is 2.30. The third-order valence-corrected chi connectivity index (χ3v) is 4.92. The molecule has 1 aliphatic carbocycles. The number of hydrogen-bond acceptors (Lipinski definition) is 3. The molecule has 0 spiro atoms. The zero-order valence-corrected chi connectivity index (χ0v) is 12.0. The van der Waals surface area contributed by atoms with Gasteiger partial charge in [0.1, 0.15) is 5.82 Å². The van der Waals surface area contributed by atoms with Crippen molar-refractivity contribution in [2.45, 2.75) is 25.3 Å². The molecule has 3 rings (SSSR count). The third-order valence-electron chi connectivity index (χ3n) is 3.82. The summed E-state index contributed by atoms with van der Waals surface area (Å²) < 4.78 is 13.9. The number of hydrogen-bond donors (Lipinski definition) is 2. The largest absolute Gasteiger partial charge is 0.481 e. The van der Waals surface area contributed by atoms with Crippen LogP contribution in [-0.4, -0.2) is 23.0 Å². The molecule has 2 N–H and O–H groups in total. The van der Waals surface area contributed by atoms with Crippen molar-refractivity contribution in [3.05, 3.63) is 35.0 Å². The first-order chi connectivity index (χ1) is 10.0. The standard InChI is InChI=1S/C15H14FNO3S/c16-10-3-1-8-6-13(21-12(8)7-10)14(18)17-11-4-2-9(5-11)15(19)20/h1,3,6-7,9,11H,2,4-5H2,(H,17,18)(H,19,20). The molecule has 1 aromatic carbocycles. The molecule has 0 radical (unpaired) electrons. The summed E-state index contributed by atoms with van der Waals surface area (Å²) in [6.45, 7) is 0. The maximum Gasteiger partial charge on any atom is 0.306 e. The number of benzene rings is 1. The number of carbonyl (C=O) groups excluding carboxylic acids is 1. The number of carboxylic acid groups (broad SMARTS) is 1. The summed E-state index contributed by atoms with van der Waals surface area (Å²) in [5.41, 5.74) is 0. The summed E-state index contributed by atoms with van der Waals surface area (Å²) in [5, 5.41) is 12.7. The van der Waals surface area contributed by atoms with Gasteiger partial charge in [0.05, 0.1) is 10.8 Å². The molecule has 21 heavy (non-hydrogen) atoms. The van der Waals surface area contributed by atoms with Crippen LogP contribution < -0.4 is 5.32 Å². The number of rotatable bonds is 3. The van der Waals surface area contributed by atoms with Crippen molar-refractivity contribution in [3.63, 3.8) is 0 Å². The third kappa shape index (κ3) is 2.90. The van der Waals surface area contributed by atoms with E-state index < -0.39 is 5.97 Å². The van der Waals surface area contributed by atoms with Crippen LogP contribution in [0.2, 0.25) is 0 Å². The lowest BCUT2D eigenvalue weighted by atomic mass is 10.1. The molecule has 2 atom stereocenters. The van der Waals surface area contributed by atoms with Crippen molar-refractivity contribution < 1.29 is 19.1 Å². The molecule has 110 valence electrons. The lowest BCUT2D eigenvalue weighted by Crippen LogP contribution is -2.32. The molecule has 2 unspecified atom stereocenters. The lowest BCUT2D eigenvalue weighted by molar-refractivity contribution is -0.141. The molecule has 4 nitrogen and oxygen atoms in total. The van der Waals surface area contributed by atoms with Crippen LogP contribution in [0.5, 0.6) is 0 Å². The van der Waals surface area contributed by atoms with Crippen LogP contribution >= 0.6 is 11.3 Å². The predicted octanol–water partition coefficient (Wildman–Crippen LogP) is 3.02. The molecule has 1 aromatic heterocycles. The highest BCUT2D eigenvalue weighted by atomic mass is 32.1. The van der Waals surface area contributed by atoms with Crippen LogP contribution in [0.25, 0.3) is 10.1 Å². The van der Waals surface area contributed by atoms with Crippen molar-refractivity contribution in [2.75, 3.05) is 0 Å². The second-order valence-electron chi connectivity index (χ2n) is 5.31. The first kappa shape index (κ1) is 14.0. The van der Waals surface area contributed by atoms with Crippen LogP contribution in [0.15, 0.2) is 24.3 Å². The summed E-state index contributed by atoms with van der Waals surface area (Å²) >= 11 is 1.24. The number of fused-ring (bicyclic) bond motifs is 1. The van der Waals surface area contributed by atoms with E-state index in [-0.39, 0.29) is 23.7 Å². The van der Waals surface area contributed by atoms with Crippen molar-refractivity contribution in [1.29, 1.82) is 0 Å². The van der Waals surface area contributed by atoms with Crippen LogP contribution in [0.4, 0.5) is 4.39 Å². The zero-order chi connectivity index (χ0) is 15.0. The normalized spacial score (nSPS) is 21.6. The Hall–Kier alpha value is -1.95. The van der Waals surface area contributed by atoms with Gasteiger partial charge < -0.3 is 10.4 Å². The van der Waals surface area contributed by atoms with E-state index in [1.165, 1.54) is 23.5 Å². The molecule has 6 heteroatoms. The Morgan fingerprint density at radius 2 is 2.10 bits per heavy atom. The molecule has 0 bridgehead atoms. The van der Waals surface area contributed by atoms with E-state index >= 15 is 0 Å². The highest BCUT2D eigenvalue weighted by Crippen LogP contribution is 2.28. The molecule has 0 saturated heterocycles. The molecule has 1 aliphatic rings. The fraction of sp³-hybridized carbons (Fsp3) is 0.333. The fourth-order valence-corrected chi connectivity index (χ4v) is 3.70. The number of halogens is 1. The Morgan fingerprint density at radius 3 is 2.81 bits per heavy atom. The van der Waals surface area contributed by atoms with E-state index in [1.54, 1.807) is 12.1 Å². The Bertz CT molecular complexity index is 712. The second kappa shape index (κ2) is 5.44. The molecule has 1 saturated carbocycles. The quantitative estimate of drug-likeness (QED) is 0.916. The first-order valence-electron chi connectivity index (χ1n) is 6.75. The number of amides is 1. The maximum atomic E-state index is 13.1. The summed E-state index contributed by atoms with van der Waals surface area (Å²) in [5.74, 6) is -1.71. The minimum absolute atomic E-state index is 0.0967. The number of aliphatic carboxylic acids is 1. The van der Waals surface area contributed by atoms with Gasteiger partial charge in [-0.2, -0.15) is 0 Å². The smallest absolute Gasteiger partial charge is 0.306 e. The van der Waals surface area contributed by atoms with Gasteiger partial charge in [0.15, 0.2) is 0 Å². The second-order valence-corrected chi connectivity index (χ2v) is 6.40. The van der Waals surface area contributed by atoms with E-state index in [1.807, 2.05) is 0 Å². The van der Waals surface area contributed by atoms with E-state index in [2.05, 4.69) is 5.32 Å². The van der Waals surface area contributed by atoms with E-state index in [9.17, 15) is 14.0 Å². The molecular formula is C15H14FNO3S. The van der Waals surface area contributed by atoms with Crippen molar-refractivity contribution in [2.24, 2.45) is 5.92 Å². The SMILES string of the molecule is O=C(NC1CCC(C(=O)O)C1)c1cc2ccc(F)cc2s1. The lowest BCUT2D eigenvalue weighted by Gasteiger charge is -2.11. The summed E-state index contributed by atoms with van der Waals surface area (Å²) in [6.07, 6.45) is 1.75. The van der Waals surface area contributed by atoms with Crippen molar-refractivity contribution in [3.8, 4) is 0 Å². The van der Waals surface area contributed by atoms with E-state index in [4.69, 9.17) is 5.11 Å². The predicted molar refractivity (Wildman–Crippen MR) is 78.0 cm³/mol. The van der Waals surface area contributed by atoms with Gasteiger partial charge in [-0.25, -0.2) is 4.39 Å². The average Bonchev–Trinajstić information content (AvgIpc) is 3.04. The van der Waals surface area contributed by atoms with Crippen molar-refractivity contribution in [1.82, 2.24) is 5.32 Å². The molecular weight excluding hydrogens is 293 g/mol. The number of nitrogens with one attached hydrogen (secondary N) is 1. The van der Waals surface area contributed by atoms with Crippen LogP contribution in [0, 0.1) is 11.7 Å². The van der Waals surface area contributed by atoms with E-state index in [0.29, 0.717) is 24.1 Å². The summed E-state index contributed by atoms with van der Waals surface area (Å²) in [6, 6.07) is 6.06. The van der Waals surface area contributed by atoms with Gasteiger partial charge in [0, 0.05) is 10.7 Å². The van der Waals surface area contributed by atoms with Gasteiger partial charge >= 0.3 is 5.97 Å². The highest BCUT2D eigenvalue weighted by molar-refractivity contribution is 7.20. The van der Waals surface area contributed by atoms with Gasteiger partial charge in [-0.3, -0.25) is 9.59 Å². The summed E-state index contributed by atoms with van der Waals surface area (Å²) in [4.78, 5) is 23.6. The van der Waals surface area contributed by atoms with Crippen LogP contribution in [-0.2, 0) is 4.79 Å². The Labute approximate surface area is 124 Å². The Kier molecular flexibility index (Phi) is 3.63. The Morgan fingerprint density at radius 1 is 1.29 bits per heavy atom. The molecule has 1 fully saturated rings. The van der Waals surface area contributed by atoms with Gasteiger partial charge in [0.25, 0.3) is 5.91 Å². The minimum atomic E-state index is -0.802. The minimum Gasteiger partial charge on any atom is -0.481 e. The summed E-state index contributed by atoms with van der Waals surface area (Å²) in [7, 11) is 0. The Balaban J connectivity index is 1.71. The van der Waals surface area contributed by atoms with Gasteiger partial charge in [-0.1, -0.05) is 6.07 Å². The van der Waals surface area contributed by atoms with Crippen molar-refractivity contribution >= 4 is 33.3 Å². The van der Waals surface area contributed by atoms with E-state index in [0.717, 1.165) is 10.1 Å². The van der Waals surface area contributed by atoms with Gasteiger partial charge in [0.2, 0.25) is 0 Å². The van der Waals surface area contributed by atoms with Gasteiger partial charge in [-0.05, 0) is 42.8 Å². The average molecular weight is 307 g/mol. The monoisotopic (exact) mass is 307 g/mol. The number of carbonyl (C=O) groups is 2. The zero-order valence-electron chi connectivity index (χ0n) is 11.1. The molecule has 2 aromatic rings. The first-order valence-corrected chi connectivity index (χ1v) is 7.57. The number of thiophene rings is 1. The maximum absolute atomic E-state index is 13.1. The van der Waals surface area contributed by atoms with Crippen LogP contribution in [0.1, 0.15) is 28.9 Å². The van der Waals surface area contributed by atoms with Gasteiger partial charge in [-0.15, -0.1) is 11.3 Å². The topological polar surface area (TPSA) is 66.4 Å². The van der Waals surface area contributed by atoms with Crippen LogP contribution in [0.3, 0.4) is 0 Å². The molecule has 1 heterocycles.